The highest BCUT2D eigenvalue weighted by Gasteiger charge is 2.36. The zero-order chi connectivity index (χ0) is 17.7. The summed E-state index contributed by atoms with van der Waals surface area (Å²) in [7, 11) is 0. The van der Waals surface area contributed by atoms with Crippen LogP contribution in [0.3, 0.4) is 0 Å². The van der Waals surface area contributed by atoms with Crippen LogP contribution in [0, 0.1) is 12.3 Å². The normalized spacial score (nSPS) is 20.9. The van der Waals surface area contributed by atoms with Gasteiger partial charge in [0.1, 0.15) is 6.61 Å². The average molecular weight is 341 g/mol. The van der Waals surface area contributed by atoms with Gasteiger partial charge in [-0.05, 0) is 24.1 Å². The fourth-order valence-corrected chi connectivity index (χ4v) is 2.73. The molecule has 1 amide bonds. The Hall–Kier alpha value is -2.04. The van der Waals surface area contributed by atoms with Crippen LogP contribution in [0.2, 0.25) is 0 Å². The summed E-state index contributed by atoms with van der Waals surface area (Å²) in [5, 5.41) is 9.84. The Kier molecular flexibility index (Phi) is 5.86. The number of alkyl halides is 3. The van der Waals surface area contributed by atoms with Gasteiger partial charge in [0.25, 0.3) is 0 Å². The maximum Gasteiger partial charge on any atom is 0.416 e. The van der Waals surface area contributed by atoms with E-state index in [1.807, 2.05) is 0 Å². The van der Waals surface area contributed by atoms with Crippen LogP contribution in [0.15, 0.2) is 24.3 Å². The summed E-state index contributed by atoms with van der Waals surface area (Å²) in [6.07, 6.45) is 0.334. The number of aliphatic hydroxyl groups is 1. The molecule has 4 nitrogen and oxygen atoms in total. The molecule has 1 saturated heterocycles. The Morgan fingerprint density at radius 1 is 1.38 bits per heavy atom. The lowest BCUT2D eigenvalue weighted by molar-refractivity contribution is -0.137. The van der Waals surface area contributed by atoms with E-state index in [-0.39, 0.29) is 32.1 Å². The molecule has 2 atom stereocenters. The van der Waals surface area contributed by atoms with Crippen molar-refractivity contribution in [2.45, 2.75) is 31.2 Å². The fourth-order valence-electron chi connectivity index (χ4n) is 2.73. The van der Waals surface area contributed by atoms with Crippen molar-refractivity contribution in [3.8, 4) is 12.3 Å². The van der Waals surface area contributed by atoms with Gasteiger partial charge in [0.15, 0.2) is 0 Å². The minimum atomic E-state index is -4.41. The van der Waals surface area contributed by atoms with Crippen LogP contribution in [-0.4, -0.2) is 41.8 Å². The molecule has 0 radical (unpaired) electrons. The number of hydrogen-bond donors (Lipinski definition) is 1. The third kappa shape index (κ3) is 4.49. The van der Waals surface area contributed by atoms with Crippen molar-refractivity contribution in [3.05, 3.63) is 35.4 Å². The molecule has 1 aromatic rings. The number of β-amino-alcohol motifs (C(OH)–C–C–N with tert-alkyl or cyclic N) is 1. The van der Waals surface area contributed by atoms with Crippen LogP contribution < -0.4 is 0 Å². The van der Waals surface area contributed by atoms with Crippen molar-refractivity contribution in [3.63, 3.8) is 0 Å². The molecule has 1 aliphatic heterocycles. The van der Waals surface area contributed by atoms with Crippen LogP contribution in [0.4, 0.5) is 13.2 Å². The van der Waals surface area contributed by atoms with Crippen LogP contribution in [0.1, 0.15) is 30.0 Å². The van der Waals surface area contributed by atoms with Crippen molar-refractivity contribution in [1.29, 1.82) is 0 Å². The fraction of sp³-hybridized carbons (Fsp3) is 0.471. The summed E-state index contributed by atoms with van der Waals surface area (Å²) in [4.78, 5) is 13.7. The minimum absolute atomic E-state index is 0.103. The Bertz CT molecular complexity index is 607. The van der Waals surface area contributed by atoms with Crippen molar-refractivity contribution in [2.75, 3.05) is 19.8 Å². The molecule has 7 heteroatoms. The topological polar surface area (TPSA) is 49.8 Å². The van der Waals surface area contributed by atoms with Gasteiger partial charge in [0.2, 0.25) is 5.91 Å². The maximum absolute atomic E-state index is 12.6. The monoisotopic (exact) mass is 341 g/mol. The third-order valence-electron chi connectivity index (χ3n) is 3.87. The molecule has 2 unspecified atom stereocenters. The van der Waals surface area contributed by atoms with Gasteiger partial charge in [-0.2, -0.15) is 13.2 Å². The number of rotatable bonds is 5. The van der Waals surface area contributed by atoms with Crippen LogP contribution in [0.25, 0.3) is 0 Å². The van der Waals surface area contributed by atoms with Crippen LogP contribution in [0.5, 0.6) is 0 Å². The van der Waals surface area contributed by atoms with Crippen LogP contribution in [-0.2, 0) is 15.7 Å². The van der Waals surface area contributed by atoms with E-state index in [9.17, 15) is 23.1 Å². The summed E-state index contributed by atoms with van der Waals surface area (Å²) in [5.74, 6) is 2.06. The zero-order valence-electron chi connectivity index (χ0n) is 12.9. The number of likely N-dealkylation sites (tertiary alicyclic amines) is 1. The number of terminal acetylenes is 1. The van der Waals surface area contributed by atoms with Crippen molar-refractivity contribution in [1.82, 2.24) is 4.90 Å². The lowest BCUT2D eigenvalue weighted by Crippen LogP contribution is -2.32. The average Bonchev–Trinajstić information content (AvgIpc) is 2.93. The molecular weight excluding hydrogens is 323 g/mol. The van der Waals surface area contributed by atoms with Crippen molar-refractivity contribution < 1.29 is 27.8 Å². The van der Waals surface area contributed by atoms with E-state index in [1.54, 1.807) is 0 Å². The number of carbonyl (C=O) groups excluding carboxylic acids is 1. The number of ether oxygens (including phenoxy) is 1. The highest BCUT2D eigenvalue weighted by atomic mass is 19.4. The van der Waals surface area contributed by atoms with Gasteiger partial charge in [-0.25, -0.2) is 0 Å². The van der Waals surface area contributed by atoms with Gasteiger partial charge in [0, 0.05) is 6.54 Å². The molecule has 0 bridgehead atoms. The number of benzene rings is 1. The first-order valence-corrected chi connectivity index (χ1v) is 7.49. The highest BCUT2D eigenvalue weighted by molar-refractivity contribution is 5.77. The minimum Gasteiger partial charge on any atom is -0.391 e. The molecule has 2 rings (SSSR count). The van der Waals surface area contributed by atoms with E-state index < -0.39 is 23.9 Å². The highest BCUT2D eigenvalue weighted by Crippen LogP contribution is 2.35. The molecule has 1 heterocycles. The summed E-state index contributed by atoms with van der Waals surface area (Å²) in [6.45, 7) is 0.424. The van der Waals surface area contributed by atoms with E-state index >= 15 is 0 Å². The van der Waals surface area contributed by atoms with Crippen molar-refractivity contribution in [2.24, 2.45) is 0 Å². The Morgan fingerprint density at radius 2 is 2.04 bits per heavy atom. The molecule has 1 N–H and O–H groups in total. The van der Waals surface area contributed by atoms with Gasteiger partial charge in [-0.15, -0.1) is 6.42 Å². The van der Waals surface area contributed by atoms with E-state index in [2.05, 4.69) is 5.92 Å². The molecule has 0 saturated carbocycles. The summed E-state index contributed by atoms with van der Waals surface area (Å²) < 4.78 is 43.0. The van der Waals surface area contributed by atoms with Gasteiger partial charge in [-0.3, -0.25) is 4.79 Å². The molecule has 1 fully saturated rings. The van der Waals surface area contributed by atoms with Crippen molar-refractivity contribution >= 4 is 5.91 Å². The Morgan fingerprint density at radius 3 is 2.62 bits per heavy atom. The predicted molar refractivity (Wildman–Crippen MR) is 80.8 cm³/mol. The molecule has 1 aliphatic rings. The maximum atomic E-state index is 12.6. The van der Waals surface area contributed by atoms with E-state index in [0.717, 1.165) is 12.1 Å². The van der Waals surface area contributed by atoms with Gasteiger partial charge >= 0.3 is 6.18 Å². The number of aliphatic hydroxyl groups excluding tert-OH is 1. The number of hydrogen-bond acceptors (Lipinski definition) is 3. The Balaban J connectivity index is 2.07. The second kappa shape index (κ2) is 7.69. The molecule has 130 valence electrons. The number of halogens is 3. The zero-order valence-corrected chi connectivity index (χ0v) is 12.9. The molecular formula is C17H18F3NO3. The largest absolute Gasteiger partial charge is 0.416 e. The molecule has 0 aromatic heterocycles. The standard InChI is InChI=1S/C17H18F3NO3/c1-2-8-24-9-7-16(23)21-11-14(22)10-15(21)12-3-5-13(6-4-12)17(18,19)20/h1,3-6,14-15,22H,7-11H2. The first kappa shape index (κ1) is 18.3. The molecule has 24 heavy (non-hydrogen) atoms. The summed E-state index contributed by atoms with van der Waals surface area (Å²) in [6, 6.07) is 4.22. The lowest BCUT2D eigenvalue weighted by Gasteiger charge is -2.25. The first-order chi connectivity index (χ1) is 11.3. The number of carbonyl (C=O) groups is 1. The molecule has 0 spiro atoms. The number of nitrogens with zero attached hydrogens (tertiary/aromatic N) is 1. The van der Waals surface area contributed by atoms with E-state index in [0.29, 0.717) is 12.0 Å². The Labute approximate surface area is 138 Å². The summed E-state index contributed by atoms with van der Waals surface area (Å²) >= 11 is 0. The summed E-state index contributed by atoms with van der Waals surface area (Å²) in [5.41, 5.74) is -0.178. The SMILES string of the molecule is C#CCOCCC(=O)N1CC(O)CC1c1ccc(C(F)(F)F)cc1. The second-order valence-electron chi connectivity index (χ2n) is 5.58. The smallest absolute Gasteiger partial charge is 0.391 e. The molecule has 1 aromatic carbocycles. The second-order valence-corrected chi connectivity index (χ2v) is 5.58. The first-order valence-electron chi connectivity index (χ1n) is 7.49. The van der Waals surface area contributed by atoms with E-state index in [1.165, 1.54) is 17.0 Å². The van der Waals surface area contributed by atoms with E-state index in [4.69, 9.17) is 11.2 Å². The van der Waals surface area contributed by atoms with Gasteiger partial charge in [-0.1, -0.05) is 18.1 Å². The quantitative estimate of drug-likeness (QED) is 0.661. The van der Waals surface area contributed by atoms with Gasteiger partial charge < -0.3 is 14.7 Å². The third-order valence-corrected chi connectivity index (χ3v) is 3.87. The number of amides is 1. The lowest BCUT2D eigenvalue weighted by atomic mass is 10.0. The van der Waals surface area contributed by atoms with Crippen LogP contribution >= 0.6 is 0 Å². The molecule has 0 aliphatic carbocycles. The predicted octanol–water partition coefficient (Wildman–Crippen LogP) is 2.38. The van der Waals surface area contributed by atoms with Gasteiger partial charge in [0.05, 0.1) is 30.7 Å².